The number of carboxylic acid groups (broad SMARTS) is 1. The van der Waals surface area contributed by atoms with E-state index in [-0.39, 0.29) is 18.4 Å². The Bertz CT molecular complexity index is 437. The van der Waals surface area contributed by atoms with Gasteiger partial charge in [0.2, 0.25) is 0 Å². The maximum atomic E-state index is 12.1. The molecular weight excluding hydrogens is 316 g/mol. The summed E-state index contributed by atoms with van der Waals surface area (Å²) in [6.07, 6.45) is 11.9. The van der Waals surface area contributed by atoms with E-state index in [0.717, 1.165) is 64.2 Å². The summed E-state index contributed by atoms with van der Waals surface area (Å²) in [5.41, 5.74) is 1.29. The second kappa shape index (κ2) is 12.2. The Morgan fingerprint density at radius 3 is 2.56 bits per heavy atom. The number of ketones is 1. The third-order valence-corrected chi connectivity index (χ3v) is 5.32. The van der Waals surface area contributed by atoms with Crippen LogP contribution in [0, 0.1) is 11.8 Å². The van der Waals surface area contributed by atoms with Crippen molar-refractivity contribution >= 4 is 11.8 Å². The monoisotopic (exact) mass is 352 g/mol. The SMILES string of the molecule is CC(C)=CCCC(O)CC[C@H]1CCC(=O)[C@@H]1CCCCCCC(=O)O. The minimum atomic E-state index is -0.728. The number of Topliss-reactive ketones (excluding diaryl/α,β-unsaturated/α-hetero) is 1. The van der Waals surface area contributed by atoms with Gasteiger partial charge >= 0.3 is 5.97 Å². The van der Waals surface area contributed by atoms with E-state index in [4.69, 9.17) is 5.11 Å². The van der Waals surface area contributed by atoms with Gasteiger partial charge in [-0.1, -0.05) is 30.9 Å². The number of unbranched alkanes of at least 4 members (excludes halogenated alkanes) is 3. The number of aliphatic hydroxyl groups is 1. The van der Waals surface area contributed by atoms with E-state index in [2.05, 4.69) is 19.9 Å². The van der Waals surface area contributed by atoms with Crippen LogP contribution in [-0.2, 0) is 9.59 Å². The second-order valence-corrected chi connectivity index (χ2v) is 7.81. The molecule has 3 atom stereocenters. The van der Waals surface area contributed by atoms with E-state index in [9.17, 15) is 14.7 Å². The lowest BCUT2D eigenvalue weighted by Crippen LogP contribution is -2.17. The molecule has 0 aromatic rings. The topological polar surface area (TPSA) is 74.6 Å². The van der Waals surface area contributed by atoms with Crippen LogP contribution in [0.25, 0.3) is 0 Å². The minimum absolute atomic E-state index is 0.171. The van der Waals surface area contributed by atoms with Crippen LogP contribution < -0.4 is 0 Å². The predicted molar refractivity (Wildman–Crippen MR) is 100 cm³/mol. The molecule has 4 nitrogen and oxygen atoms in total. The molecule has 0 radical (unpaired) electrons. The normalized spacial score (nSPS) is 21.3. The molecule has 0 bridgehead atoms. The molecule has 0 aliphatic heterocycles. The van der Waals surface area contributed by atoms with Crippen molar-refractivity contribution in [1.82, 2.24) is 0 Å². The van der Waals surface area contributed by atoms with Crippen molar-refractivity contribution in [3.8, 4) is 0 Å². The zero-order valence-electron chi connectivity index (χ0n) is 16.0. The lowest BCUT2D eigenvalue weighted by molar-refractivity contribution is -0.137. The molecular formula is C21H36O4. The molecule has 1 aliphatic rings. The van der Waals surface area contributed by atoms with E-state index >= 15 is 0 Å². The van der Waals surface area contributed by atoms with Gasteiger partial charge in [-0.25, -0.2) is 0 Å². The number of aliphatic carboxylic acids is 1. The highest BCUT2D eigenvalue weighted by Gasteiger charge is 2.33. The number of carbonyl (C=O) groups excluding carboxylic acids is 1. The highest BCUT2D eigenvalue weighted by atomic mass is 16.4. The van der Waals surface area contributed by atoms with E-state index in [1.54, 1.807) is 0 Å². The Kier molecular flexibility index (Phi) is 10.7. The zero-order valence-corrected chi connectivity index (χ0v) is 16.0. The van der Waals surface area contributed by atoms with Crippen molar-refractivity contribution in [2.45, 2.75) is 97.0 Å². The standard InChI is InChI=1S/C21H36O4/c1-16(2)8-7-9-18(22)14-12-17-13-15-20(23)19(17)10-5-3-4-6-11-21(24)25/h8,17-19,22H,3-7,9-15H2,1-2H3,(H,24,25)/t17-,18?,19+/m0/s1. The lowest BCUT2D eigenvalue weighted by Gasteiger charge is -2.20. The second-order valence-electron chi connectivity index (χ2n) is 7.81. The number of carboxylic acids is 1. The van der Waals surface area contributed by atoms with Crippen molar-refractivity contribution in [3.05, 3.63) is 11.6 Å². The minimum Gasteiger partial charge on any atom is -0.481 e. The predicted octanol–water partition coefficient (Wildman–Crippen LogP) is 4.89. The van der Waals surface area contributed by atoms with Crippen LogP contribution >= 0.6 is 0 Å². The van der Waals surface area contributed by atoms with Gasteiger partial charge in [-0.2, -0.15) is 0 Å². The molecule has 2 N–H and O–H groups in total. The van der Waals surface area contributed by atoms with E-state index in [0.29, 0.717) is 18.1 Å². The Morgan fingerprint density at radius 1 is 1.16 bits per heavy atom. The number of allylic oxidation sites excluding steroid dienone is 2. The third kappa shape index (κ3) is 9.78. The number of rotatable bonds is 13. The van der Waals surface area contributed by atoms with Crippen molar-refractivity contribution in [3.63, 3.8) is 0 Å². The molecule has 0 amide bonds. The van der Waals surface area contributed by atoms with Gasteiger partial charge in [0.1, 0.15) is 5.78 Å². The van der Waals surface area contributed by atoms with E-state index < -0.39 is 5.97 Å². The molecule has 0 spiro atoms. The molecule has 1 rings (SSSR count). The Labute approximate surface area is 152 Å². The molecule has 1 saturated carbocycles. The van der Waals surface area contributed by atoms with Crippen LogP contribution in [0.5, 0.6) is 0 Å². The van der Waals surface area contributed by atoms with Gasteiger partial charge in [0.15, 0.2) is 0 Å². The molecule has 1 unspecified atom stereocenters. The molecule has 1 fully saturated rings. The first kappa shape index (κ1) is 21.9. The molecule has 0 saturated heterocycles. The first-order chi connectivity index (χ1) is 11.9. The molecule has 4 heteroatoms. The first-order valence-corrected chi connectivity index (χ1v) is 9.96. The van der Waals surface area contributed by atoms with Crippen molar-refractivity contribution in [2.75, 3.05) is 0 Å². The van der Waals surface area contributed by atoms with Gasteiger partial charge in [0.25, 0.3) is 0 Å². The van der Waals surface area contributed by atoms with Crippen molar-refractivity contribution in [1.29, 1.82) is 0 Å². The quantitative estimate of drug-likeness (QED) is 0.365. The van der Waals surface area contributed by atoms with E-state index in [1.807, 2.05) is 0 Å². The number of hydrogen-bond donors (Lipinski definition) is 2. The van der Waals surface area contributed by atoms with Crippen LogP contribution in [0.2, 0.25) is 0 Å². The number of aliphatic hydroxyl groups excluding tert-OH is 1. The van der Waals surface area contributed by atoms with Crippen LogP contribution in [0.1, 0.15) is 90.9 Å². The van der Waals surface area contributed by atoms with Crippen LogP contribution in [0.3, 0.4) is 0 Å². The van der Waals surface area contributed by atoms with Crippen molar-refractivity contribution < 1.29 is 19.8 Å². The fourth-order valence-corrected chi connectivity index (χ4v) is 3.83. The smallest absolute Gasteiger partial charge is 0.303 e. The maximum Gasteiger partial charge on any atom is 0.303 e. The zero-order chi connectivity index (χ0) is 18.7. The fourth-order valence-electron chi connectivity index (χ4n) is 3.83. The highest BCUT2D eigenvalue weighted by molar-refractivity contribution is 5.83. The molecule has 144 valence electrons. The van der Waals surface area contributed by atoms with E-state index in [1.165, 1.54) is 5.57 Å². The Morgan fingerprint density at radius 2 is 1.88 bits per heavy atom. The van der Waals surface area contributed by atoms with Gasteiger partial charge in [-0.15, -0.1) is 0 Å². The fraction of sp³-hybridized carbons (Fsp3) is 0.810. The average molecular weight is 353 g/mol. The molecule has 25 heavy (non-hydrogen) atoms. The summed E-state index contributed by atoms with van der Waals surface area (Å²) in [4.78, 5) is 22.6. The highest BCUT2D eigenvalue weighted by Crippen LogP contribution is 2.36. The summed E-state index contributed by atoms with van der Waals surface area (Å²) in [5, 5.41) is 18.8. The van der Waals surface area contributed by atoms with Crippen molar-refractivity contribution in [2.24, 2.45) is 11.8 Å². The van der Waals surface area contributed by atoms with Gasteiger partial charge < -0.3 is 10.2 Å². The summed E-state index contributed by atoms with van der Waals surface area (Å²) in [6.45, 7) is 4.14. The summed E-state index contributed by atoms with van der Waals surface area (Å²) in [5.74, 6) is 0.276. The summed E-state index contributed by atoms with van der Waals surface area (Å²) in [7, 11) is 0. The average Bonchev–Trinajstić information content (AvgIpc) is 2.88. The third-order valence-electron chi connectivity index (χ3n) is 5.32. The summed E-state index contributed by atoms with van der Waals surface area (Å²) in [6, 6.07) is 0. The Balaban J connectivity index is 2.23. The van der Waals surface area contributed by atoms with Gasteiger partial charge in [0, 0.05) is 18.8 Å². The number of carbonyl (C=O) groups is 2. The van der Waals surface area contributed by atoms with Gasteiger partial charge in [-0.3, -0.25) is 9.59 Å². The summed E-state index contributed by atoms with van der Waals surface area (Å²) < 4.78 is 0. The Hall–Kier alpha value is -1.16. The first-order valence-electron chi connectivity index (χ1n) is 9.96. The molecule has 0 aromatic heterocycles. The summed E-state index contributed by atoms with van der Waals surface area (Å²) >= 11 is 0. The lowest BCUT2D eigenvalue weighted by atomic mass is 9.86. The van der Waals surface area contributed by atoms with Crippen LogP contribution in [0.4, 0.5) is 0 Å². The van der Waals surface area contributed by atoms with Gasteiger partial charge in [0.05, 0.1) is 6.10 Å². The number of hydrogen-bond acceptors (Lipinski definition) is 3. The maximum absolute atomic E-state index is 12.1. The van der Waals surface area contributed by atoms with Gasteiger partial charge in [-0.05, 0) is 64.7 Å². The molecule has 1 aliphatic carbocycles. The molecule has 0 aromatic carbocycles. The largest absolute Gasteiger partial charge is 0.481 e. The van der Waals surface area contributed by atoms with Crippen LogP contribution in [-0.4, -0.2) is 28.1 Å². The van der Waals surface area contributed by atoms with Crippen LogP contribution in [0.15, 0.2) is 11.6 Å². The molecule has 0 heterocycles.